The molecule has 2 amide bonds. The largest absolute Gasteiger partial charge is 0.507 e. The van der Waals surface area contributed by atoms with Crippen LogP contribution in [0.25, 0.3) is 0 Å². The maximum atomic E-state index is 11.7. The molecule has 0 fully saturated rings. The maximum absolute atomic E-state index is 11.7. The molecule has 2 aromatic rings. The molecule has 0 spiro atoms. The van der Waals surface area contributed by atoms with E-state index in [9.17, 15) is 19.5 Å². The molecule has 0 saturated heterocycles. The number of phenolic OH excluding ortho intramolecular Hbond substituents is 1. The highest BCUT2D eigenvalue weighted by Gasteiger charge is 2.15. The number of carbonyl (C=O) groups is 3. The number of halogens is 1. The van der Waals surface area contributed by atoms with Crippen LogP contribution in [-0.2, 0) is 9.53 Å². The van der Waals surface area contributed by atoms with Gasteiger partial charge < -0.3 is 9.84 Å². The molecule has 1 heterocycles. The maximum Gasteiger partial charge on any atom is 0.342 e. The second kappa shape index (κ2) is 7.61. The van der Waals surface area contributed by atoms with Crippen LogP contribution in [0.15, 0.2) is 35.7 Å². The lowest BCUT2D eigenvalue weighted by Crippen LogP contribution is -2.43. The Bertz CT molecular complexity index is 733. The Labute approximate surface area is 139 Å². The van der Waals surface area contributed by atoms with Crippen molar-refractivity contribution in [2.45, 2.75) is 0 Å². The fourth-order valence-corrected chi connectivity index (χ4v) is 2.30. The molecule has 0 saturated carbocycles. The van der Waals surface area contributed by atoms with Crippen molar-refractivity contribution >= 4 is 40.7 Å². The highest BCUT2D eigenvalue weighted by molar-refractivity contribution is 7.12. The number of hydrazine groups is 1. The van der Waals surface area contributed by atoms with Gasteiger partial charge in [0.25, 0.3) is 11.8 Å². The van der Waals surface area contributed by atoms with Crippen LogP contribution in [0.3, 0.4) is 0 Å². The number of phenols is 1. The molecule has 1 aromatic heterocycles. The van der Waals surface area contributed by atoms with Gasteiger partial charge in [0.15, 0.2) is 6.61 Å². The van der Waals surface area contributed by atoms with Crippen LogP contribution in [0, 0.1) is 0 Å². The summed E-state index contributed by atoms with van der Waals surface area (Å²) >= 11 is 6.92. The average molecular weight is 355 g/mol. The Kier molecular flexibility index (Phi) is 5.56. The van der Waals surface area contributed by atoms with E-state index in [1.165, 1.54) is 29.5 Å². The summed E-state index contributed by atoms with van der Waals surface area (Å²) in [7, 11) is 0. The van der Waals surface area contributed by atoms with E-state index in [1.807, 2.05) is 0 Å². The number of aromatic hydroxyl groups is 1. The zero-order chi connectivity index (χ0) is 16.8. The van der Waals surface area contributed by atoms with E-state index in [0.29, 0.717) is 4.88 Å². The van der Waals surface area contributed by atoms with Crippen molar-refractivity contribution in [1.82, 2.24) is 10.9 Å². The van der Waals surface area contributed by atoms with Crippen molar-refractivity contribution in [3.63, 3.8) is 0 Å². The van der Waals surface area contributed by atoms with Crippen molar-refractivity contribution in [2.75, 3.05) is 6.61 Å². The van der Waals surface area contributed by atoms with Gasteiger partial charge in [-0.05, 0) is 29.6 Å². The van der Waals surface area contributed by atoms with Crippen molar-refractivity contribution < 1.29 is 24.2 Å². The quantitative estimate of drug-likeness (QED) is 0.573. The molecule has 120 valence electrons. The third-order valence-corrected chi connectivity index (χ3v) is 3.68. The second-order valence-corrected chi connectivity index (χ2v) is 5.60. The molecule has 2 rings (SSSR count). The average Bonchev–Trinajstić information content (AvgIpc) is 3.07. The van der Waals surface area contributed by atoms with Crippen molar-refractivity contribution in [3.05, 3.63) is 51.2 Å². The van der Waals surface area contributed by atoms with Gasteiger partial charge in [-0.25, -0.2) is 4.79 Å². The van der Waals surface area contributed by atoms with Crippen LogP contribution < -0.4 is 10.9 Å². The van der Waals surface area contributed by atoms with E-state index in [2.05, 4.69) is 10.9 Å². The number of benzene rings is 1. The first kappa shape index (κ1) is 16.8. The lowest BCUT2D eigenvalue weighted by Gasteiger charge is -2.08. The highest BCUT2D eigenvalue weighted by Crippen LogP contribution is 2.22. The Morgan fingerprint density at radius 1 is 1.22 bits per heavy atom. The minimum absolute atomic E-state index is 0.159. The molecule has 0 radical (unpaired) electrons. The predicted octanol–water partition coefficient (Wildman–Crippen LogP) is 1.73. The normalized spacial score (nSPS) is 9.96. The van der Waals surface area contributed by atoms with Gasteiger partial charge in [-0.15, -0.1) is 11.3 Å². The fraction of sp³-hybridized carbons (Fsp3) is 0.0714. The van der Waals surface area contributed by atoms with Crippen molar-refractivity contribution in [1.29, 1.82) is 0 Å². The Morgan fingerprint density at radius 3 is 2.70 bits per heavy atom. The predicted molar refractivity (Wildman–Crippen MR) is 83.3 cm³/mol. The number of ether oxygens (including phenoxy) is 1. The second-order valence-electron chi connectivity index (χ2n) is 4.22. The minimum atomic E-state index is -0.912. The molecule has 0 bridgehead atoms. The molecule has 0 aliphatic carbocycles. The van der Waals surface area contributed by atoms with Crippen LogP contribution in [0.5, 0.6) is 5.75 Å². The van der Waals surface area contributed by atoms with E-state index < -0.39 is 24.4 Å². The molecule has 7 nitrogen and oxygen atoms in total. The van der Waals surface area contributed by atoms with E-state index in [-0.39, 0.29) is 16.3 Å². The molecule has 1 aromatic carbocycles. The van der Waals surface area contributed by atoms with Crippen LogP contribution in [-0.4, -0.2) is 29.5 Å². The number of nitrogens with one attached hydrogen (secondary N) is 2. The van der Waals surface area contributed by atoms with Crippen LogP contribution in [0.1, 0.15) is 20.0 Å². The summed E-state index contributed by atoms with van der Waals surface area (Å²) in [5.74, 6) is -2.44. The topological polar surface area (TPSA) is 105 Å². The molecule has 0 aliphatic rings. The van der Waals surface area contributed by atoms with Gasteiger partial charge in [-0.3, -0.25) is 20.4 Å². The molecular weight excluding hydrogens is 344 g/mol. The van der Waals surface area contributed by atoms with E-state index in [0.717, 1.165) is 0 Å². The summed E-state index contributed by atoms with van der Waals surface area (Å²) in [4.78, 5) is 35.3. The first-order valence-corrected chi connectivity index (χ1v) is 7.51. The Hall–Kier alpha value is -2.58. The van der Waals surface area contributed by atoms with Crippen LogP contribution >= 0.6 is 22.9 Å². The van der Waals surface area contributed by atoms with E-state index >= 15 is 0 Å². The SMILES string of the molecule is O=C(COC(=O)c1cc(Cl)ccc1O)NNC(=O)c1cccs1. The number of hydrogen-bond donors (Lipinski definition) is 3. The monoisotopic (exact) mass is 354 g/mol. The minimum Gasteiger partial charge on any atom is -0.507 e. The van der Waals surface area contributed by atoms with Gasteiger partial charge in [0.05, 0.1) is 4.88 Å². The van der Waals surface area contributed by atoms with Gasteiger partial charge in [0, 0.05) is 5.02 Å². The van der Waals surface area contributed by atoms with Gasteiger partial charge in [-0.1, -0.05) is 17.7 Å². The lowest BCUT2D eigenvalue weighted by molar-refractivity contribution is -0.125. The lowest BCUT2D eigenvalue weighted by atomic mass is 10.2. The van der Waals surface area contributed by atoms with E-state index in [4.69, 9.17) is 16.3 Å². The summed E-state index contributed by atoms with van der Waals surface area (Å²) < 4.78 is 4.73. The number of amides is 2. The number of esters is 1. The number of hydrogen-bond acceptors (Lipinski definition) is 6. The number of thiophene rings is 1. The van der Waals surface area contributed by atoms with Gasteiger partial charge in [0.2, 0.25) is 0 Å². The molecule has 3 N–H and O–H groups in total. The molecular formula is C14H11ClN2O5S. The standard InChI is InChI=1S/C14H11ClN2O5S/c15-8-3-4-10(18)9(6-8)14(21)22-7-12(19)16-17-13(20)11-2-1-5-23-11/h1-6,18H,7H2,(H,16,19)(H,17,20). The highest BCUT2D eigenvalue weighted by atomic mass is 35.5. The third-order valence-electron chi connectivity index (χ3n) is 2.57. The Morgan fingerprint density at radius 2 is 2.00 bits per heavy atom. The van der Waals surface area contributed by atoms with Gasteiger partial charge >= 0.3 is 5.97 Å². The molecule has 0 atom stereocenters. The van der Waals surface area contributed by atoms with Crippen LogP contribution in [0.2, 0.25) is 5.02 Å². The van der Waals surface area contributed by atoms with Crippen molar-refractivity contribution in [2.24, 2.45) is 0 Å². The fourth-order valence-electron chi connectivity index (χ4n) is 1.51. The zero-order valence-corrected chi connectivity index (χ0v) is 13.1. The number of rotatable bonds is 4. The summed E-state index contributed by atoms with van der Waals surface area (Å²) in [5.41, 5.74) is 4.13. The number of carbonyl (C=O) groups excluding carboxylic acids is 3. The zero-order valence-electron chi connectivity index (χ0n) is 11.5. The first-order valence-electron chi connectivity index (χ1n) is 6.25. The van der Waals surface area contributed by atoms with Gasteiger partial charge in [0.1, 0.15) is 11.3 Å². The molecule has 23 heavy (non-hydrogen) atoms. The summed E-state index contributed by atoms with van der Waals surface area (Å²) in [6.07, 6.45) is 0. The third kappa shape index (κ3) is 4.70. The van der Waals surface area contributed by atoms with Crippen LogP contribution in [0.4, 0.5) is 0 Å². The summed E-state index contributed by atoms with van der Waals surface area (Å²) in [6.45, 7) is -0.629. The smallest absolute Gasteiger partial charge is 0.342 e. The summed E-state index contributed by atoms with van der Waals surface area (Å²) in [6, 6.07) is 7.14. The molecule has 0 aliphatic heterocycles. The Balaban J connectivity index is 1.81. The van der Waals surface area contributed by atoms with E-state index in [1.54, 1.807) is 17.5 Å². The van der Waals surface area contributed by atoms with Crippen molar-refractivity contribution in [3.8, 4) is 5.75 Å². The molecule has 9 heteroatoms. The summed E-state index contributed by atoms with van der Waals surface area (Å²) in [5, 5.41) is 11.5. The molecule has 0 unspecified atom stereocenters. The van der Waals surface area contributed by atoms with Gasteiger partial charge in [-0.2, -0.15) is 0 Å². The first-order chi connectivity index (χ1) is 11.0.